The molecule has 9 heterocycles. The number of para-hydroxylation sites is 6. The molecule has 0 aliphatic carbocycles. The smallest absolute Gasteiger partial charge is 0.160 e. The van der Waals surface area contributed by atoms with Gasteiger partial charge < -0.3 is 13.7 Å². The standard InChI is InChI=1S/2C46H29N3S.C41H27N3S/c1-4-13-32(14-5-1)43-45-44(48-46(47-43)33-15-6-2-7-16-33)38-29-34(27-28-41(38)50-45)30-23-25-31(26-24-30)36-20-12-22-40-42(36)37-19-10-11-21-39(37)49(40)35-17-8-3-9-18-35;1-4-12-32(13-5-1)43-45-44(48-46(47-43)33-14-6-2-7-15-33)39-29-35(25-27-42(39)50-45)31-22-20-30(21-23-31)34-24-26-41-38(28-34)37-18-10-11-19-40(37)49(41)36-16-8-3-9-17-36;1-26-22-30(24-31(23-26)44-35-18-10-8-16-32(35)33-17-9-11-19-36(33)44)29-20-21-37-34(25-29)39-40(45-37)38(27-12-4-2-5-13-27)42-41(43-39)28-14-6-3-7-15-28/h2*1-29H;2-25H,1H3. The number of fused-ring (bicyclic) bond motifs is 18. The van der Waals surface area contributed by atoms with Crippen LogP contribution in [-0.2, 0) is 0 Å². The number of hydrogen-bond acceptors (Lipinski definition) is 9. The molecule has 0 aliphatic rings. The Morgan fingerprint density at radius 1 is 0.172 bits per heavy atom. The summed E-state index contributed by atoms with van der Waals surface area (Å²) in [6, 6.07) is 177. The van der Waals surface area contributed by atoms with Gasteiger partial charge >= 0.3 is 0 Å². The minimum absolute atomic E-state index is 0.745. The Balaban J connectivity index is 0.000000108. The molecular weight excluding hydrogens is 1820 g/mol. The summed E-state index contributed by atoms with van der Waals surface area (Å²) in [6.07, 6.45) is 0. The second-order valence-corrected chi connectivity index (χ2v) is 39.9. The van der Waals surface area contributed by atoms with E-state index in [-0.39, 0.29) is 0 Å². The van der Waals surface area contributed by atoms with E-state index in [0.29, 0.717) is 0 Å². The van der Waals surface area contributed by atoms with Crippen molar-refractivity contribution >= 4 is 160 Å². The molecule has 0 saturated carbocycles. The Hall–Kier alpha value is -18.3. The van der Waals surface area contributed by atoms with Crippen LogP contribution in [-0.4, -0.2) is 43.6 Å². The van der Waals surface area contributed by atoms with E-state index in [1.54, 1.807) is 34.0 Å². The number of aromatic nitrogens is 9. The maximum Gasteiger partial charge on any atom is 0.160 e. The monoisotopic (exact) mass is 1900 g/mol. The van der Waals surface area contributed by atoms with Crippen LogP contribution in [0.1, 0.15) is 5.56 Å². The maximum absolute atomic E-state index is 5.19. The summed E-state index contributed by atoms with van der Waals surface area (Å²) >= 11 is 5.30. The van der Waals surface area contributed by atoms with Crippen LogP contribution in [0.25, 0.3) is 267 Å². The molecule has 9 aromatic heterocycles. The predicted octanol–water partition coefficient (Wildman–Crippen LogP) is 36.5. The fraction of sp³-hybridized carbons (Fsp3) is 0.00752. The van der Waals surface area contributed by atoms with E-state index in [9.17, 15) is 0 Å². The van der Waals surface area contributed by atoms with Crippen LogP contribution in [0.5, 0.6) is 0 Å². The third kappa shape index (κ3) is 15.5. The van der Waals surface area contributed by atoms with Gasteiger partial charge in [0.25, 0.3) is 0 Å². The molecule has 0 fully saturated rings. The van der Waals surface area contributed by atoms with Crippen molar-refractivity contribution in [3.05, 3.63) is 503 Å². The van der Waals surface area contributed by atoms with Gasteiger partial charge in [0.1, 0.15) is 0 Å². The largest absolute Gasteiger partial charge is 0.309 e. The molecule has 29 rings (SSSR count). The van der Waals surface area contributed by atoms with Gasteiger partial charge in [-0.3, -0.25) is 0 Å². The topological polar surface area (TPSA) is 92.1 Å². The van der Waals surface area contributed by atoms with Gasteiger partial charge in [0.05, 0.1) is 80.8 Å². The van der Waals surface area contributed by atoms with Crippen molar-refractivity contribution in [2.75, 3.05) is 0 Å². The summed E-state index contributed by atoms with van der Waals surface area (Å²) in [5.74, 6) is 2.24. The van der Waals surface area contributed by atoms with E-state index >= 15 is 0 Å². The summed E-state index contributed by atoms with van der Waals surface area (Å²) < 4.78 is 14.1. The number of nitrogens with zero attached hydrogens (tertiary/aromatic N) is 9. The summed E-state index contributed by atoms with van der Waals surface area (Å²) in [7, 11) is 0. The molecule has 680 valence electrons. The van der Waals surface area contributed by atoms with Crippen molar-refractivity contribution in [3.8, 4) is 141 Å². The molecule has 0 bridgehead atoms. The lowest BCUT2D eigenvalue weighted by molar-refractivity contribution is 1.17. The summed E-state index contributed by atoms with van der Waals surface area (Å²) in [5, 5.41) is 11.1. The van der Waals surface area contributed by atoms with E-state index < -0.39 is 0 Å². The third-order valence-corrected chi connectivity index (χ3v) is 31.4. The van der Waals surface area contributed by atoms with Crippen LogP contribution in [0.2, 0.25) is 0 Å². The molecule has 0 unspecified atom stereocenters. The molecule has 0 spiro atoms. The fourth-order valence-electron chi connectivity index (χ4n) is 21.1. The summed E-state index contributed by atoms with van der Waals surface area (Å²) in [6.45, 7) is 2.19. The van der Waals surface area contributed by atoms with E-state index in [2.05, 4.69) is 445 Å². The van der Waals surface area contributed by atoms with Gasteiger partial charge in [-0.15, -0.1) is 34.0 Å². The zero-order chi connectivity index (χ0) is 95.9. The molecule has 0 amide bonds. The summed E-state index contributed by atoms with van der Waals surface area (Å²) in [5.41, 5.74) is 36.2. The van der Waals surface area contributed by atoms with E-state index in [4.69, 9.17) is 29.9 Å². The fourth-order valence-corrected chi connectivity index (χ4v) is 24.5. The first-order valence-corrected chi connectivity index (χ1v) is 51.3. The zero-order valence-corrected chi connectivity index (χ0v) is 81.0. The van der Waals surface area contributed by atoms with Crippen LogP contribution < -0.4 is 0 Å². The van der Waals surface area contributed by atoms with Crippen LogP contribution in [0, 0.1) is 6.92 Å². The molecule has 12 heteroatoms. The van der Waals surface area contributed by atoms with Gasteiger partial charge in [0, 0.05) is 113 Å². The maximum atomic E-state index is 5.19. The highest BCUT2D eigenvalue weighted by Gasteiger charge is 2.25. The van der Waals surface area contributed by atoms with Gasteiger partial charge in [-0.25, -0.2) is 29.9 Å². The second-order valence-electron chi connectivity index (χ2n) is 36.7. The number of hydrogen-bond donors (Lipinski definition) is 0. The van der Waals surface area contributed by atoms with Gasteiger partial charge in [0.15, 0.2) is 17.5 Å². The van der Waals surface area contributed by atoms with Crippen molar-refractivity contribution in [1.29, 1.82) is 0 Å². The Bertz CT molecular complexity index is 9990. The number of rotatable bonds is 14. The minimum atomic E-state index is 0.745. The lowest BCUT2D eigenvalue weighted by Gasteiger charge is -2.12. The van der Waals surface area contributed by atoms with Crippen molar-refractivity contribution in [1.82, 2.24) is 43.6 Å². The van der Waals surface area contributed by atoms with Gasteiger partial charge in [-0.1, -0.05) is 382 Å². The van der Waals surface area contributed by atoms with Crippen LogP contribution in [0.4, 0.5) is 0 Å². The number of benzene rings is 20. The average molecular weight is 1910 g/mol. The molecule has 0 saturated heterocycles. The molecule has 145 heavy (non-hydrogen) atoms. The summed E-state index contributed by atoms with van der Waals surface area (Å²) in [4.78, 5) is 30.9. The molecule has 20 aromatic carbocycles. The van der Waals surface area contributed by atoms with Crippen molar-refractivity contribution in [3.63, 3.8) is 0 Å². The predicted molar refractivity (Wildman–Crippen MR) is 612 cm³/mol. The molecule has 0 atom stereocenters. The Labute approximate surface area is 847 Å². The van der Waals surface area contributed by atoms with Crippen molar-refractivity contribution in [2.45, 2.75) is 6.92 Å². The lowest BCUT2D eigenvalue weighted by atomic mass is 9.96. The molecule has 9 nitrogen and oxygen atoms in total. The molecule has 0 radical (unpaired) electrons. The SMILES string of the molecule is Cc1cc(-c2ccc3sc4c(-c5ccccc5)nc(-c5ccccc5)nc4c3c2)cc(-n2c3ccccc3c3ccccc32)c1.c1ccc(-c2nc(-c3ccccc3)c3sc4ccc(-c5ccc(-c6ccc7c(c6)c6ccccc6n7-c6ccccc6)cc5)cc4c3n2)cc1.c1ccc(-c2nc(-c3ccccc3)c3sc4ccc(-c5ccc(-c6cccc7c6c6ccccc6n7-c6ccccc6)cc5)cc4c3n2)cc1. The van der Waals surface area contributed by atoms with E-state index in [0.717, 1.165) is 120 Å². The first kappa shape index (κ1) is 85.9. The van der Waals surface area contributed by atoms with E-state index in [1.807, 2.05) is 72.8 Å². The highest BCUT2D eigenvalue weighted by molar-refractivity contribution is 7.27. The highest BCUT2D eigenvalue weighted by Crippen LogP contribution is 2.49. The minimum Gasteiger partial charge on any atom is -0.309 e. The molecular formula is C133H85N9S3. The zero-order valence-electron chi connectivity index (χ0n) is 78.6. The Kier molecular flexibility index (Phi) is 21.6. The van der Waals surface area contributed by atoms with Gasteiger partial charge in [-0.2, -0.15) is 0 Å². The van der Waals surface area contributed by atoms with Crippen LogP contribution >= 0.6 is 34.0 Å². The molecule has 29 aromatic rings. The average Bonchev–Trinajstić information content (AvgIpc) is 1.58. The number of thiophene rings is 3. The quantitative estimate of drug-likeness (QED) is 0.108. The first-order chi connectivity index (χ1) is 71.8. The van der Waals surface area contributed by atoms with Crippen molar-refractivity contribution in [2.24, 2.45) is 0 Å². The molecule has 0 N–H and O–H groups in total. The lowest BCUT2D eigenvalue weighted by Crippen LogP contribution is -1.95. The van der Waals surface area contributed by atoms with Gasteiger partial charge in [0.2, 0.25) is 0 Å². The Morgan fingerprint density at radius 3 is 0.848 bits per heavy atom. The van der Waals surface area contributed by atoms with Crippen LogP contribution in [0.3, 0.4) is 0 Å². The normalized spacial score (nSPS) is 11.6. The van der Waals surface area contributed by atoms with Crippen molar-refractivity contribution < 1.29 is 0 Å². The Morgan fingerprint density at radius 2 is 0.455 bits per heavy atom. The first-order valence-electron chi connectivity index (χ1n) is 48.8. The van der Waals surface area contributed by atoms with Crippen LogP contribution in [0.15, 0.2) is 497 Å². The van der Waals surface area contributed by atoms with Gasteiger partial charge in [-0.05, 0) is 183 Å². The van der Waals surface area contributed by atoms with E-state index in [1.165, 1.54) is 152 Å². The second kappa shape index (κ2) is 36.4. The molecule has 0 aliphatic heterocycles. The third-order valence-electron chi connectivity index (χ3n) is 27.9. The number of aryl methyl sites for hydroxylation is 1. The highest BCUT2D eigenvalue weighted by atomic mass is 32.1.